The SMILES string of the molecule is C#CCOCC(CC)(CCCC)COCC#C. The fourth-order valence-corrected chi connectivity index (χ4v) is 1.77. The molecule has 0 aromatic rings. The fourth-order valence-electron chi connectivity index (χ4n) is 1.77. The van der Waals surface area contributed by atoms with E-state index in [1.165, 1.54) is 12.8 Å². The Kier molecular flexibility index (Phi) is 9.63. The van der Waals surface area contributed by atoms with E-state index in [4.69, 9.17) is 22.3 Å². The first-order valence-corrected chi connectivity index (χ1v) is 6.27. The van der Waals surface area contributed by atoms with Crippen molar-refractivity contribution in [2.45, 2.75) is 39.5 Å². The van der Waals surface area contributed by atoms with Crippen LogP contribution < -0.4 is 0 Å². The summed E-state index contributed by atoms with van der Waals surface area (Å²) in [5, 5.41) is 0. The van der Waals surface area contributed by atoms with E-state index < -0.39 is 0 Å². The normalized spacial score (nSPS) is 10.8. The van der Waals surface area contributed by atoms with Crippen LogP contribution in [0.3, 0.4) is 0 Å². The summed E-state index contributed by atoms with van der Waals surface area (Å²) in [5.41, 5.74) is 0.0592. The van der Waals surface area contributed by atoms with Gasteiger partial charge < -0.3 is 9.47 Å². The molecule has 0 N–H and O–H groups in total. The van der Waals surface area contributed by atoms with E-state index in [0.717, 1.165) is 12.8 Å². The standard InChI is InChI=1S/C15H24O2/c1-5-9-10-15(8-4,13-16-11-6-2)14-17-12-7-3/h2-3H,5,8-14H2,1,4H3. The average Bonchev–Trinajstić information content (AvgIpc) is 2.36. The molecule has 0 rings (SSSR count). The van der Waals surface area contributed by atoms with Crippen molar-refractivity contribution in [2.75, 3.05) is 26.4 Å². The summed E-state index contributed by atoms with van der Waals surface area (Å²) in [7, 11) is 0. The first-order chi connectivity index (χ1) is 8.24. The van der Waals surface area contributed by atoms with Crippen molar-refractivity contribution in [1.82, 2.24) is 0 Å². The second-order valence-electron chi connectivity index (χ2n) is 4.35. The van der Waals surface area contributed by atoms with Crippen molar-refractivity contribution in [2.24, 2.45) is 5.41 Å². The monoisotopic (exact) mass is 236 g/mol. The van der Waals surface area contributed by atoms with Gasteiger partial charge in [0.25, 0.3) is 0 Å². The minimum Gasteiger partial charge on any atom is -0.368 e. The predicted molar refractivity (Wildman–Crippen MR) is 71.6 cm³/mol. The summed E-state index contributed by atoms with van der Waals surface area (Å²) in [6.07, 6.45) is 14.8. The largest absolute Gasteiger partial charge is 0.368 e. The summed E-state index contributed by atoms with van der Waals surface area (Å²) in [6, 6.07) is 0. The quantitative estimate of drug-likeness (QED) is 0.429. The van der Waals surface area contributed by atoms with Crippen LogP contribution in [0.1, 0.15) is 39.5 Å². The van der Waals surface area contributed by atoms with Gasteiger partial charge in [-0.3, -0.25) is 0 Å². The first-order valence-electron chi connectivity index (χ1n) is 6.27. The van der Waals surface area contributed by atoms with Crippen molar-refractivity contribution in [1.29, 1.82) is 0 Å². The van der Waals surface area contributed by atoms with Gasteiger partial charge >= 0.3 is 0 Å². The van der Waals surface area contributed by atoms with Crippen LogP contribution >= 0.6 is 0 Å². The summed E-state index contributed by atoms with van der Waals surface area (Å²) in [6.45, 7) is 6.38. The van der Waals surface area contributed by atoms with Gasteiger partial charge in [0.15, 0.2) is 0 Å². The predicted octanol–water partition coefficient (Wildman–Crippen LogP) is 2.87. The smallest absolute Gasteiger partial charge is 0.107 e. The van der Waals surface area contributed by atoms with E-state index in [2.05, 4.69) is 25.7 Å². The van der Waals surface area contributed by atoms with Crippen LogP contribution in [0.2, 0.25) is 0 Å². The van der Waals surface area contributed by atoms with Gasteiger partial charge in [-0.2, -0.15) is 0 Å². The second kappa shape index (κ2) is 10.2. The molecule has 2 heteroatoms. The van der Waals surface area contributed by atoms with Crippen LogP contribution in [0.4, 0.5) is 0 Å². The minimum absolute atomic E-state index is 0.0592. The first kappa shape index (κ1) is 16.0. The van der Waals surface area contributed by atoms with E-state index >= 15 is 0 Å². The summed E-state index contributed by atoms with van der Waals surface area (Å²) in [4.78, 5) is 0. The van der Waals surface area contributed by atoms with Gasteiger partial charge in [-0.1, -0.05) is 38.5 Å². The molecule has 0 spiro atoms. The third-order valence-corrected chi connectivity index (χ3v) is 3.00. The number of hydrogen-bond donors (Lipinski definition) is 0. The van der Waals surface area contributed by atoms with Crippen LogP contribution in [0, 0.1) is 30.1 Å². The molecule has 0 heterocycles. The van der Waals surface area contributed by atoms with E-state index in [0.29, 0.717) is 26.4 Å². The van der Waals surface area contributed by atoms with Crippen LogP contribution in [0.5, 0.6) is 0 Å². The summed E-state index contributed by atoms with van der Waals surface area (Å²) >= 11 is 0. The number of rotatable bonds is 10. The molecule has 17 heavy (non-hydrogen) atoms. The minimum atomic E-state index is 0.0592. The molecule has 0 amide bonds. The van der Waals surface area contributed by atoms with Gasteiger partial charge in [-0.05, 0) is 12.8 Å². The van der Waals surface area contributed by atoms with E-state index in [1.54, 1.807) is 0 Å². The zero-order chi connectivity index (χ0) is 13.0. The van der Waals surface area contributed by atoms with Gasteiger partial charge in [0, 0.05) is 5.41 Å². The van der Waals surface area contributed by atoms with Gasteiger partial charge in [-0.25, -0.2) is 0 Å². The Bertz CT molecular complexity index is 237. The fraction of sp³-hybridized carbons (Fsp3) is 0.733. The topological polar surface area (TPSA) is 18.5 Å². The summed E-state index contributed by atoms with van der Waals surface area (Å²) in [5.74, 6) is 4.98. The molecule has 96 valence electrons. The Morgan fingerprint density at radius 1 is 1.00 bits per heavy atom. The third kappa shape index (κ3) is 7.05. The Labute approximate surface area is 106 Å². The lowest BCUT2D eigenvalue weighted by Gasteiger charge is -2.32. The van der Waals surface area contributed by atoms with Crippen molar-refractivity contribution in [3.8, 4) is 24.7 Å². The van der Waals surface area contributed by atoms with Gasteiger partial charge in [0.2, 0.25) is 0 Å². The highest BCUT2D eigenvalue weighted by Crippen LogP contribution is 2.29. The molecule has 0 aliphatic heterocycles. The molecule has 0 aliphatic carbocycles. The van der Waals surface area contributed by atoms with E-state index in [-0.39, 0.29) is 5.41 Å². The number of hydrogen-bond acceptors (Lipinski definition) is 2. The van der Waals surface area contributed by atoms with Crippen molar-refractivity contribution >= 4 is 0 Å². The molecular weight excluding hydrogens is 212 g/mol. The Balaban J connectivity index is 4.29. The highest BCUT2D eigenvalue weighted by molar-refractivity contribution is 4.86. The lowest BCUT2D eigenvalue weighted by molar-refractivity contribution is -0.0154. The molecule has 0 saturated carbocycles. The highest BCUT2D eigenvalue weighted by atomic mass is 16.5. The number of unbranched alkanes of at least 4 members (excludes halogenated alkanes) is 1. The van der Waals surface area contributed by atoms with E-state index in [1.807, 2.05) is 0 Å². The second-order valence-corrected chi connectivity index (χ2v) is 4.35. The zero-order valence-corrected chi connectivity index (χ0v) is 11.1. The molecule has 2 nitrogen and oxygen atoms in total. The van der Waals surface area contributed by atoms with E-state index in [9.17, 15) is 0 Å². The molecule has 0 fully saturated rings. The maximum Gasteiger partial charge on any atom is 0.107 e. The lowest BCUT2D eigenvalue weighted by Crippen LogP contribution is -2.32. The average molecular weight is 236 g/mol. The lowest BCUT2D eigenvalue weighted by atomic mass is 9.82. The van der Waals surface area contributed by atoms with Gasteiger partial charge in [-0.15, -0.1) is 12.8 Å². The maximum atomic E-state index is 5.50. The Morgan fingerprint density at radius 2 is 1.53 bits per heavy atom. The molecule has 0 aromatic carbocycles. The molecule has 0 bridgehead atoms. The van der Waals surface area contributed by atoms with Crippen LogP contribution in [-0.2, 0) is 9.47 Å². The van der Waals surface area contributed by atoms with Gasteiger partial charge in [0.1, 0.15) is 13.2 Å². The molecule has 0 unspecified atom stereocenters. The third-order valence-electron chi connectivity index (χ3n) is 3.00. The maximum absolute atomic E-state index is 5.50. The molecule has 0 saturated heterocycles. The van der Waals surface area contributed by atoms with Crippen LogP contribution in [-0.4, -0.2) is 26.4 Å². The van der Waals surface area contributed by atoms with Crippen LogP contribution in [0.25, 0.3) is 0 Å². The van der Waals surface area contributed by atoms with Crippen molar-refractivity contribution in [3.63, 3.8) is 0 Å². The van der Waals surface area contributed by atoms with Gasteiger partial charge in [0.05, 0.1) is 13.2 Å². The van der Waals surface area contributed by atoms with Crippen molar-refractivity contribution < 1.29 is 9.47 Å². The van der Waals surface area contributed by atoms with Crippen molar-refractivity contribution in [3.05, 3.63) is 0 Å². The summed E-state index contributed by atoms with van der Waals surface area (Å²) < 4.78 is 11.0. The number of ether oxygens (including phenoxy) is 2. The zero-order valence-electron chi connectivity index (χ0n) is 11.1. The Morgan fingerprint density at radius 3 is 1.88 bits per heavy atom. The molecule has 0 aromatic heterocycles. The molecule has 0 radical (unpaired) electrons. The number of terminal acetylenes is 2. The molecular formula is C15H24O2. The molecule has 0 aliphatic rings. The highest BCUT2D eigenvalue weighted by Gasteiger charge is 2.28. The van der Waals surface area contributed by atoms with Crippen LogP contribution in [0.15, 0.2) is 0 Å². The Hall–Kier alpha value is -0.960. The molecule has 0 atom stereocenters.